The maximum Gasteiger partial charge on any atom is 0.270 e. The third-order valence-corrected chi connectivity index (χ3v) is 5.38. The number of carbonyl (C=O) groups excluding carboxylic acids is 2. The number of nitrogens with zero attached hydrogens (tertiary/aromatic N) is 3. The highest BCUT2D eigenvalue weighted by molar-refractivity contribution is 9.10. The SMILES string of the molecule is CCn1cc(Br)cc1C(=O)N1CCCC(C(=O)Nc2ccc(Br)cn2)C1. The van der Waals surface area contributed by atoms with Crippen LogP contribution in [0.4, 0.5) is 5.82 Å². The van der Waals surface area contributed by atoms with Crippen LogP contribution in [0, 0.1) is 5.92 Å². The largest absolute Gasteiger partial charge is 0.343 e. The van der Waals surface area contributed by atoms with Crippen LogP contribution in [0.15, 0.2) is 39.5 Å². The minimum atomic E-state index is -0.230. The number of anilines is 1. The first-order valence-corrected chi connectivity index (χ1v) is 10.1. The topological polar surface area (TPSA) is 67.2 Å². The van der Waals surface area contributed by atoms with Crippen LogP contribution in [0.1, 0.15) is 30.3 Å². The summed E-state index contributed by atoms with van der Waals surface area (Å²) in [7, 11) is 0. The highest BCUT2D eigenvalue weighted by Crippen LogP contribution is 2.22. The van der Waals surface area contributed by atoms with E-state index < -0.39 is 0 Å². The van der Waals surface area contributed by atoms with E-state index in [-0.39, 0.29) is 17.7 Å². The van der Waals surface area contributed by atoms with Gasteiger partial charge in [0.1, 0.15) is 11.5 Å². The van der Waals surface area contributed by atoms with Crippen molar-refractivity contribution in [1.29, 1.82) is 0 Å². The van der Waals surface area contributed by atoms with Crippen LogP contribution in [-0.4, -0.2) is 39.4 Å². The first-order chi connectivity index (χ1) is 12.5. The number of likely N-dealkylation sites (tertiary alicyclic amines) is 1. The van der Waals surface area contributed by atoms with E-state index in [1.165, 1.54) is 0 Å². The summed E-state index contributed by atoms with van der Waals surface area (Å²) in [5.41, 5.74) is 0.648. The lowest BCUT2D eigenvalue weighted by atomic mass is 9.97. The van der Waals surface area contributed by atoms with Gasteiger partial charge in [-0.3, -0.25) is 9.59 Å². The Hall–Kier alpha value is -1.67. The van der Waals surface area contributed by atoms with Crippen LogP contribution in [-0.2, 0) is 11.3 Å². The van der Waals surface area contributed by atoms with Gasteiger partial charge >= 0.3 is 0 Å². The molecule has 0 saturated carbocycles. The van der Waals surface area contributed by atoms with Crippen molar-refractivity contribution in [2.24, 2.45) is 5.92 Å². The highest BCUT2D eigenvalue weighted by Gasteiger charge is 2.30. The van der Waals surface area contributed by atoms with E-state index in [4.69, 9.17) is 0 Å². The second-order valence-corrected chi connectivity index (χ2v) is 8.10. The van der Waals surface area contributed by atoms with Gasteiger partial charge in [0.25, 0.3) is 5.91 Å². The molecule has 1 fully saturated rings. The number of aryl methyl sites for hydroxylation is 1. The van der Waals surface area contributed by atoms with Crippen LogP contribution in [0.3, 0.4) is 0 Å². The van der Waals surface area contributed by atoms with Crippen molar-refractivity contribution in [3.63, 3.8) is 0 Å². The van der Waals surface area contributed by atoms with Gasteiger partial charge in [-0.05, 0) is 69.8 Å². The van der Waals surface area contributed by atoms with Crippen molar-refractivity contribution in [2.45, 2.75) is 26.3 Å². The van der Waals surface area contributed by atoms with Gasteiger partial charge in [-0.2, -0.15) is 0 Å². The molecule has 0 radical (unpaired) electrons. The molecule has 1 aliphatic rings. The Morgan fingerprint density at radius 2 is 2.12 bits per heavy atom. The Bertz CT molecular complexity index is 804. The quantitative estimate of drug-likeness (QED) is 0.716. The monoisotopic (exact) mass is 482 g/mol. The summed E-state index contributed by atoms with van der Waals surface area (Å²) in [6.45, 7) is 3.82. The van der Waals surface area contributed by atoms with Crippen LogP contribution < -0.4 is 5.32 Å². The van der Waals surface area contributed by atoms with E-state index in [1.807, 2.05) is 29.8 Å². The van der Waals surface area contributed by atoms with E-state index in [1.54, 1.807) is 17.2 Å². The molecule has 1 unspecified atom stereocenters. The molecule has 2 amide bonds. The maximum absolute atomic E-state index is 12.9. The summed E-state index contributed by atoms with van der Waals surface area (Å²) < 4.78 is 3.66. The number of carbonyl (C=O) groups is 2. The third-order valence-electron chi connectivity index (χ3n) is 4.48. The molecule has 3 heterocycles. The standard InChI is InChI=1S/C18H20Br2N4O2/c1-2-23-11-14(20)8-15(23)18(26)24-7-3-4-12(10-24)17(25)22-16-6-5-13(19)9-21-16/h5-6,8-9,11-12H,2-4,7,10H2,1H3,(H,21,22,25). The predicted molar refractivity (Wildman–Crippen MR) is 107 cm³/mol. The number of amides is 2. The Labute approximate surface area is 169 Å². The third kappa shape index (κ3) is 4.35. The summed E-state index contributed by atoms with van der Waals surface area (Å²) in [5, 5.41) is 2.84. The lowest BCUT2D eigenvalue weighted by Crippen LogP contribution is -2.44. The highest BCUT2D eigenvalue weighted by atomic mass is 79.9. The van der Waals surface area contributed by atoms with Gasteiger partial charge in [-0.25, -0.2) is 4.98 Å². The zero-order valence-electron chi connectivity index (χ0n) is 14.4. The first kappa shape index (κ1) is 19.1. The Balaban J connectivity index is 1.67. The van der Waals surface area contributed by atoms with Crippen molar-refractivity contribution in [3.05, 3.63) is 45.2 Å². The van der Waals surface area contributed by atoms with Crippen molar-refractivity contribution in [3.8, 4) is 0 Å². The van der Waals surface area contributed by atoms with Gasteiger partial charge in [0, 0.05) is 41.0 Å². The van der Waals surface area contributed by atoms with Gasteiger partial charge in [0.2, 0.25) is 5.91 Å². The lowest BCUT2D eigenvalue weighted by molar-refractivity contribution is -0.121. The molecule has 138 valence electrons. The maximum atomic E-state index is 12.9. The van der Waals surface area contributed by atoms with Crippen LogP contribution in [0.25, 0.3) is 0 Å². The number of halogens is 2. The zero-order valence-corrected chi connectivity index (χ0v) is 17.6. The van der Waals surface area contributed by atoms with Crippen molar-refractivity contribution in [2.75, 3.05) is 18.4 Å². The molecule has 1 saturated heterocycles. The molecule has 0 aliphatic carbocycles. The molecular weight excluding hydrogens is 464 g/mol. The minimum absolute atomic E-state index is 0.0307. The predicted octanol–water partition coefficient (Wildman–Crippen LogP) is 3.92. The van der Waals surface area contributed by atoms with Crippen LogP contribution in [0.2, 0.25) is 0 Å². The second kappa shape index (κ2) is 8.35. The molecule has 1 aliphatic heterocycles. The minimum Gasteiger partial charge on any atom is -0.343 e. The van der Waals surface area contributed by atoms with E-state index in [9.17, 15) is 9.59 Å². The van der Waals surface area contributed by atoms with Crippen molar-refractivity contribution < 1.29 is 9.59 Å². The summed E-state index contributed by atoms with van der Waals surface area (Å²) in [6, 6.07) is 5.41. The second-order valence-electron chi connectivity index (χ2n) is 6.27. The first-order valence-electron chi connectivity index (χ1n) is 8.55. The number of hydrogen-bond donors (Lipinski definition) is 1. The number of nitrogens with one attached hydrogen (secondary N) is 1. The number of rotatable bonds is 4. The fraction of sp³-hybridized carbons (Fsp3) is 0.389. The normalized spacial score (nSPS) is 17.2. The molecule has 0 aromatic carbocycles. The van der Waals surface area contributed by atoms with Crippen LogP contribution >= 0.6 is 31.9 Å². The van der Waals surface area contributed by atoms with Gasteiger partial charge in [-0.15, -0.1) is 0 Å². The molecule has 3 rings (SSSR count). The average Bonchev–Trinajstić information content (AvgIpc) is 3.04. The zero-order chi connectivity index (χ0) is 18.7. The summed E-state index contributed by atoms with van der Waals surface area (Å²) in [4.78, 5) is 31.4. The number of pyridine rings is 1. The van der Waals surface area contributed by atoms with Gasteiger partial charge < -0.3 is 14.8 Å². The number of aromatic nitrogens is 2. The Morgan fingerprint density at radius 3 is 2.81 bits per heavy atom. The van der Waals surface area contributed by atoms with Crippen molar-refractivity contribution in [1.82, 2.24) is 14.5 Å². The van der Waals surface area contributed by atoms with E-state index in [0.717, 1.165) is 28.3 Å². The fourth-order valence-corrected chi connectivity index (χ4v) is 3.83. The van der Waals surface area contributed by atoms with E-state index in [2.05, 4.69) is 42.2 Å². The van der Waals surface area contributed by atoms with Gasteiger partial charge in [0.05, 0.1) is 5.92 Å². The Morgan fingerprint density at radius 1 is 1.31 bits per heavy atom. The molecule has 0 bridgehead atoms. The number of piperidine rings is 1. The average molecular weight is 484 g/mol. The molecule has 2 aromatic heterocycles. The van der Waals surface area contributed by atoms with E-state index in [0.29, 0.717) is 24.6 Å². The molecule has 8 heteroatoms. The molecule has 1 atom stereocenters. The van der Waals surface area contributed by atoms with Gasteiger partial charge in [0.15, 0.2) is 0 Å². The summed E-state index contributed by atoms with van der Waals surface area (Å²) in [6.07, 6.45) is 5.12. The smallest absolute Gasteiger partial charge is 0.270 e. The molecule has 26 heavy (non-hydrogen) atoms. The Kier molecular flexibility index (Phi) is 6.13. The van der Waals surface area contributed by atoms with Crippen molar-refractivity contribution >= 4 is 49.5 Å². The van der Waals surface area contributed by atoms with E-state index >= 15 is 0 Å². The molecular formula is C18H20Br2N4O2. The molecule has 0 spiro atoms. The van der Waals surface area contributed by atoms with Gasteiger partial charge in [-0.1, -0.05) is 0 Å². The number of hydrogen-bond acceptors (Lipinski definition) is 3. The lowest BCUT2D eigenvalue weighted by Gasteiger charge is -2.32. The molecule has 1 N–H and O–H groups in total. The molecule has 2 aromatic rings. The fourth-order valence-electron chi connectivity index (χ4n) is 3.13. The summed E-state index contributed by atoms with van der Waals surface area (Å²) >= 11 is 6.75. The molecule has 6 nitrogen and oxygen atoms in total. The van der Waals surface area contributed by atoms with Crippen LogP contribution in [0.5, 0.6) is 0 Å². The summed E-state index contributed by atoms with van der Waals surface area (Å²) in [5.74, 6) is 0.165.